The minimum Gasteiger partial charge on any atom is -0.870 e. The first kappa shape index (κ1) is 24.0. The summed E-state index contributed by atoms with van der Waals surface area (Å²) in [5.74, 6) is 0. The number of hydrogen-bond acceptors (Lipinski definition) is 6. The Balaban J connectivity index is 0.00000272. The van der Waals surface area contributed by atoms with Crippen LogP contribution in [-0.4, -0.2) is 30.2 Å². The highest BCUT2D eigenvalue weighted by Crippen LogP contribution is 2.48. The second kappa shape index (κ2) is 9.48. The van der Waals surface area contributed by atoms with E-state index in [0.29, 0.717) is 18.0 Å². The second-order valence-electron chi connectivity index (χ2n) is 7.11. The maximum atomic E-state index is 11.5. The highest BCUT2D eigenvalue weighted by molar-refractivity contribution is 8.03. The Morgan fingerprint density at radius 2 is 2.00 bits per heavy atom. The van der Waals surface area contributed by atoms with Crippen LogP contribution in [0.2, 0.25) is 5.02 Å². The molecule has 1 aliphatic rings. The summed E-state index contributed by atoms with van der Waals surface area (Å²) in [6.07, 6.45) is 2.47. The zero-order valence-electron chi connectivity index (χ0n) is 17.0. The van der Waals surface area contributed by atoms with Gasteiger partial charge in [-0.3, -0.25) is 4.55 Å². The number of nitrogens with zero attached hydrogens (tertiary/aromatic N) is 2. The van der Waals surface area contributed by atoms with Gasteiger partial charge in [-0.15, -0.1) is 0 Å². The highest BCUT2D eigenvalue weighted by atomic mass is 35.5. The van der Waals surface area contributed by atoms with Crippen LogP contribution in [0.5, 0.6) is 0 Å². The van der Waals surface area contributed by atoms with Gasteiger partial charge in [-0.25, -0.2) is 0 Å². The predicted octanol–water partition coefficient (Wildman–Crippen LogP) is 5.26. The number of rotatable bonds is 6. The maximum absolute atomic E-state index is 11.5. The lowest BCUT2D eigenvalue weighted by Gasteiger charge is -2.21. The fraction of sp³-hybridized carbons (Fsp3) is 0.286. The van der Waals surface area contributed by atoms with E-state index in [2.05, 4.69) is 34.6 Å². The Labute approximate surface area is 195 Å². The summed E-state index contributed by atoms with van der Waals surface area (Å²) < 4.78 is 35.8. The Bertz CT molecular complexity index is 1240. The number of thiazole rings is 1. The number of hydrogen-bond donors (Lipinski definition) is 1. The zero-order chi connectivity index (χ0) is 21.5. The van der Waals surface area contributed by atoms with Crippen molar-refractivity contribution in [1.29, 1.82) is 0 Å². The van der Waals surface area contributed by atoms with Crippen molar-refractivity contribution in [1.82, 2.24) is 0 Å². The van der Waals surface area contributed by atoms with E-state index < -0.39 is 15.4 Å². The Kier molecular flexibility index (Phi) is 7.35. The molecule has 0 fully saturated rings. The number of aryl methyl sites for hydroxylation is 1. The zero-order valence-corrected chi connectivity index (χ0v) is 20.2. The van der Waals surface area contributed by atoms with Gasteiger partial charge in [-0.05, 0) is 44.5 Å². The van der Waals surface area contributed by atoms with Gasteiger partial charge in [-0.2, -0.15) is 13.0 Å². The van der Waals surface area contributed by atoms with Crippen LogP contribution in [0.3, 0.4) is 0 Å². The molecule has 0 amide bonds. The molecule has 4 rings (SSSR count). The van der Waals surface area contributed by atoms with Crippen molar-refractivity contribution >= 4 is 66.8 Å². The number of para-hydroxylation sites is 1. The van der Waals surface area contributed by atoms with E-state index >= 15 is 0 Å². The van der Waals surface area contributed by atoms with Crippen LogP contribution >= 0.6 is 34.7 Å². The van der Waals surface area contributed by atoms with Gasteiger partial charge in [0.2, 0.25) is 5.52 Å². The number of benzene rings is 2. The van der Waals surface area contributed by atoms with Crippen molar-refractivity contribution < 1.29 is 23.0 Å². The number of halogens is 1. The third-order valence-corrected chi connectivity index (χ3v) is 8.87. The minimum atomic E-state index is -4.07. The molecule has 3 aromatic rings. The molecule has 0 spiro atoms. The van der Waals surface area contributed by atoms with E-state index in [1.54, 1.807) is 23.1 Å². The fourth-order valence-electron chi connectivity index (χ4n) is 3.46. The molecule has 0 saturated heterocycles. The molecular formula is C21H23ClN2O4S3. The monoisotopic (exact) mass is 498 g/mol. The van der Waals surface area contributed by atoms with Gasteiger partial charge < -0.3 is 10.4 Å². The largest absolute Gasteiger partial charge is 0.870 e. The Hall–Kier alpha value is -1.62. The summed E-state index contributed by atoms with van der Waals surface area (Å²) in [4.78, 5) is 3.17. The summed E-state index contributed by atoms with van der Waals surface area (Å²) >= 11 is 9.62. The lowest BCUT2D eigenvalue weighted by molar-refractivity contribution is -0.665. The summed E-state index contributed by atoms with van der Waals surface area (Å²) in [6.45, 7) is 4.97. The Morgan fingerprint density at radius 3 is 2.71 bits per heavy atom. The number of anilines is 1. The lowest BCUT2D eigenvalue weighted by atomic mass is 10.2. The second-order valence-corrected chi connectivity index (χ2v) is 11.5. The molecular weight excluding hydrogens is 476 g/mol. The predicted molar refractivity (Wildman–Crippen MR) is 128 cm³/mol. The van der Waals surface area contributed by atoms with E-state index in [0.717, 1.165) is 27.2 Å². The topological polar surface area (TPSA) is 91.5 Å². The van der Waals surface area contributed by atoms with Crippen molar-refractivity contribution in [2.45, 2.75) is 37.0 Å². The molecule has 1 aliphatic heterocycles. The normalized spacial score (nSPS) is 15.9. The van der Waals surface area contributed by atoms with E-state index in [1.165, 1.54) is 17.1 Å². The van der Waals surface area contributed by atoms with Crippen LogP contribution in [0.15, 0.2) is 52.4 Å². The first-order chi connectivity index (χ1) is 14.3. The third kappa shape index (κ3) is 4.92. The molecule has 0 radical (unpaired) electrons. The standard InChI is InChI=1S/C21H21ClN2O3S3.H2O/c1-3-23-16-6-4-5-7-18(16)28-20(23)13-21-24(11-10-14(2)30(25,26)27)17-12-15(22)8-9-19(17)29-21;/h4-9,12-14H,3,10-11H2,1-2H3;1H2. The molecule has 1 aromatic heterocycles. The lowest BCUT2D eigenvalue weighted by Crippen LogP contribution is -2.33. The number of fused-ring (bicyclic) bond motifs is 2. The molecule has 2 aromatic carbocycles. The van der Waals surface area contributed by atoms with E-state index in [-0.39, 0.29) is 5.48 Å². The van der Waals surface area contributed by atoms with E-state index in [4.69, 9.17) is 11.6 Å². The molecule has 1 atom stereocenters. The van der Waals surface area contributed by atoms with Gasteiger partial charge in [0.25, 0.3) is 15.1 Å². The van der Waals surface area contributed by atoms with Gasteiger partial charge in [-0.1, -0.05) is 46.8 Å². The molecule has 0 aliphatic carbocycles. The van der Waals surface area contributed by atoms with Crippen molar-refractivity contribution in [3.63, 3.8) is 0 Å². The molecule has 31 heavy (non-hydrogen) atoms. The molecule has 166 valence electrons. The minimum absolute atomic E-state index is 0. The van der Waals surface area contributed by atoms with Gasteiger partial charge in [0.1, 0.15) is 11.2 Å². The molecule has 0 saturated carbocycles. The van der Waals surface area contributed by atoms with Crippen LogP contribution in [0.25, 0.3) is 16.3 Å². The van der Waals surface area contributed by atoms with Crippen molar-refractivity contribution in [3.05, 3.63) is 57.5 Å². The van der Waals surface area contributed by atoms with E-state index in [1.807, 2.05) is 30.3 Å². The molecule has 2 heterocycles. The molecule has 6 nitrogen and oxygen atoms in total. The number of aromatic nitrogens is 1. The molecule has 0 bridgehead atoms. The third-order valence-electron chi connectivity index (χ3n) is 5.16. The van der Waals surface area contributed by atoms with Crippen LogP contribution in [0.4, 0.5) is 5.69 Å². The van der Waals surface area contributed by atoms with Crippen LogP contribution in [0.1, 0.15) is 25.3 Å². The van der Waals surface area contributed by atoms with Gasteiger partial charge in [0, 0.05) is 22.5 Å². The summed E-state index contributed by atoms with van der Waals surface area (Å²) in [6, 6.07) is 14.1. The van der Waals surface area contributed by atoms with Gasteiger partial charge >= 0.3 is 0 Å². The van der Waals surface area contributed by atoms with E-state index in [9.17, 15) is 13.0 Å². The van der Waals surface area contributed by atoms with Crippen LogP contribution in [-0.2, 0) is 16.7 Å². The first-order valence-electron chi connectivity index (χ1n) is 9.62. The molecule has 10 heteroatoms. The van der Waals surface area contributed by atoms with Crippen molar-refractivity contribution in [3.8, 4) is 0 Å². The van der Waals surface area contributed by atoms with Gasteiger partial charge in [0.05, 0.1) is 22.0 Å². The average molecular weight is 499 g/mol. The van der Waals surface area contributed by atoms with Crippen molar-refractivity contribution in [2.75, 3.05) is 11.4 Å². The maximum Gasteiger partial charge on any atom is 0.267 e. The SMILES string of the molecule is CC[n+]1c(C=C2Sc3ccc(Cl)cc3N2CCC(C)S(=O)(=O)O)sc2ccccc21.[OH-]. The first-order valence-corrected chi connectivity index (χ1v) is 13.1. The van der Waals surface area contributed by atoms with Crippen molar-refractivity contribution in [2.24, 2.45) is 0 Å². The van der Waals surface area contributed by atoms with Crippen LogP contribution in [0, 0.1) is 0 Å². The summed E-state index contributed by atoms with van der Waals surface area (Å²) in [7, 11) is -4.07. The summed E-state index contributed by atoms with van der Waals surface area (Å²) in [5, 5.41) is 1.95. The molecule has 1 unspecified atom stereocenters. The quantitative estimate of drug-likeness (QED) is 0.368. The smallest absolute Gasteiger partial charge is 0.267 e. The average Bonchev–Trinajstić information content (AvgIpc) is 3.22. The summed E-state index contributed by atoms with van der Waals surface area (Å²) in [5.41, 5.74) is 2.16. The fourth-order valence-corrected chi connectivity index (χ4v) is 6.38. The molecule has 2 N–H and O–H groups in total. The Morgan fingerprint density at radius 1 is 1.26 bits per heavy atom. The number of thioether (sulfide) groups is 1. The van der Waals surface area contributed by atoms with Crippen LogP contribution < -0.4 is 9.47 Å². The highest BCUT2D eigenvalue weighted by Gasteiger charge is 2.29. The van der Waals surface area contributed by atoms with Gasteiger partial charge in [0.15, 0.2) is 0 Å².